The smallest absolute Gasteiger partial charge is 0.322 e. The summed E-state index contributed by atoms with van der Waals surface area (Å²) in [6, 6.07) is 6.33. The van der Waals surface area contributed by atoms with Gasteiger partial charge in [-0.25, -0.2) is 9.18 Å². The lowest BCUT2D eigenvalue weighted by Crippen LogP contribution is -2.44. The second-order valence-corrected chi connectivity index (χ2v) is 5.76. The van der Waals surface area contributed by atoms with Gasteiger partial charge in [-0.3, -0.25) is 4.90 Å². The minimum Gasteiger partial charge on any atom is -0.379 e. The molecule has 0 atom stereocenters. The molecular formula is C17H23FN4O2. The Balaban J connectivity index is 1.94. The molecule has 0 radical (unpaired) electrons. The SMILES string of the molecule is Cc1ccc(NC(=O)N(CCC#N)CCN2CCOCC2)c(F)c1. The normalized spacial score (nSPS) is 14.9. The molecule has 1 aliphatic rings. The number of benzene rings is 1. The van der Waals surface area contributed by atoms with E-state index in [9.17, 15) is 9.18 Å². The van der Waals surface area contributed by atoms with Crippen molar-refractivity contribution in [3.63, 3.8) is 0 Å². The van der Waals surface area contributed by atoms with Gasteiger partial charge in [0, 0.05) is 32.7 Å². The second kappa shape index (κ2) is 9.21. The number of carbonyl (C=O) groups excluding carboxylic acids is 1. The fraction of sp³-hybridized carbons (Fsp3) is 0.529. The first-order valence-corrected chi connectivity index (χ1v) is 8.09. The lowest BCUT2D eigenvalue weighted by molar-refractivity contribution is 0.0352. The summed E-state index contributed by atoms with van der Waals surface area (Å²) in [6.07, 6.45) is 0.243. The number of hydrogen-bond donors (Lipinski definition) is 1. The van der Waals surface area contributed by atoms with E-state index < -0.39 is 5.82 Å². The standard InChI is InChI=1S/C17H23FN4O2/c1-14-3-4-16(15(18)13-14)20-17(23)22(6-2-5-19)8-7-21-9-11-24-12-10-21/h3-4,13H,2,6-12H2,1H3,(H,20,23). The van der Waals surface area contributed by atoms with E-state index in [0.29, 0.717) is 32.8 Å². The molecule has 7 heteroatoms. The topological polar surface area (TPSA) is 68.6 Å². The summed E-state index contributed by atoms with van der Waals surface area (Å²) in [5, 5.41) is 11.4. The van der Waals surface area contributed by atoms with Crippen LogP contribution in [-0.4, -0.2) is 61.8 Å². The zero-order valence-electron chi connectivity index (χ0n) is 13.9. The van der Waals surface area contributed by atoms with Gasteiger partial charge < -0.3 is 15.0 Å². The van der Waals surface area contributed by atoms with Crippen molar-refractivity contribution in [1.29, 1.82) is 5.26 Å². The number of nitrogens with one attached hydrogen (secondary N) is 1. The molecule has 1 heterocycles. The molecule has 1 aromatic rings. The number of ether oxygens (including phenoxy) is 1. The van der Waals surface area contributed by atoms with Gasteiger partial charge in [0.1, 0.15) is 5.82 Å². The molecule has 1 saturated heterocycles. The Bertz CT molecular complexity index is 597. The number of hydrogen-bond acceptors (Lipinski definition) is 4. The maximum absolute atomic E-state index is 13.9. The zero-order chi connectivity index (χ0) is 17.4. The van der Waals surface area contributed by atoms with Crippen LogP contribution in [0.1, 0.15) is 12.0 Å². The maximum atomic E-state index is 13.9. The third-order valence-electron chi connectivity index (χ3n) is 3.94. The largest absolute Gasteiger partial charge is 0.379 e. The third kappa shape index (κ3) is 5.48. The number of nitrogens with zero attached hydrogens (tertiary/aromatic N) is 3. The number of aryl methyl sites for hydroxylation is 1. The number of amides is 2. The highest BCUT2D eigenvalue weighted by atomic mass is 19.1. The first-order chi connectivity index (χ1) is 11.6. The van der Waals surface area contributed by atoms with Crippen LogP contribution in [0.5, 0.6) is 0 Å². The first kappa shape index (κ1) is 18.2. The predicted octanol–water partition coefficient (Wildman–Crippen LogP) is 2.21. The predicted molar refractivity (Wildman–Crippen MR) is 89.2 cm³/mol. The van der Waals surface area contributed by atoms with E-state index in [0.717, 1.165) is 18.7 Å². The monoisotopic (exact) mass is 334 g/mol. The molecule has 1 aliphatic heterocycles. The number of halogens is 1. The summed E-state index contributed by atoms with van der Waals surface area (Å²) >= 11 is 0. The van der Waals surface area contributed by atoms with Gasteiger partial charge in [-0.05, 0) is 24.6 Å². The van der Waals surface area contributed by atoms with Crippen LogP contribution >= 0.6 is 0 Å². The van der Waals surface area contributed by atoms with Gasteiger partial charge >= 0.3 is 6.03 Å². The van der Waals surface area contributed by atoms with Gasteiger partial charge in [0.15, 0.2) is 0 Å². The van der Waals surface area contributed by atoms with Crippen LogP contribution < -0.4 is 5.32 Å². The van der Waals surface area contributed by atoms with Crippen molar-refractivity contribution in [2.75, 3.05) is 51.3 Å². The van der Waals surface area contributed by atoms with Gasteiger partial charge in [0.05, 0.1) is 31.4 Å². The number of urea groups is 1. The molecule has 0 spiro atoms. The molecule has 0 aliphatic carbocycles. The van der Waals surface area contributed by atoms with Gasteiger partial charge in [0.25, 0.3) is 0 Å². The molecule has 6 nitrogen and oxygen atoms in total. The van der Waals surface area contributed by atoms with Crippen molar-refractivity contribution in [1.82, 2.24) is 9.80 Å². The fourth-order valence-electron chi connectivity index (χ4n) is 2.50. The van der Waals surface area contributed by atoms with E-state index in [-0.39, 0.29) is 18.1 Å². The van der Waals surface area contributed by atoms with Crippen molar-refractivity contribution >= 4 is 11.7 Å². The summed E-state index contributed by atoms with van der Waals surface area (Å²) in [4.78, 5) is 16.2. The first-order valence-electron chi connectivity index (χ1n) is 8.09. The number of morpholine rings is 1. The Morgan fingerprint density at radius 1 is 1.42 bits per heavy atom. The number of carbonyl (C=O) groups is 1. The molecule has 2 rings (SSSR count). The Morgan fingerprint density at radius 3 is 2.83 bits per heavy atom. The molecular weight excluding hydrogens is 311 g/mol. The molecule has 0 unspecified atom stereocenters. The lowest BCUT2D eigenvalue weighted by atomic mass is 10.2. The Kier molecular flexibility index (Phi) is 6.97. The van der Waals surface area contributed by atoms with Crippen LogP contribution in [0.3, 0.4) is 0 Å². The van der Waals surface area contributed by atoms with Gasteiger partial charge in [0.2, 0.25) is 0 Å². The van der Waals surface area contributed by atoms with Crippen molar-refractivity contribution < 1.29 is 13.9 Å². The molecule has 2 amide bonds. The average molecular weight is 334 g/mol. The van der Waals surface area contributed by atoms with Crippen LogP contribution in [-0.2, 0) is 4.74 Å². The summed E-state index contributed by atoms with van der Waals surface area (Å²) in [5.74, 6) is -0.461. The molecule has 0 bridgehead atoms. The number of nitriles is 1. The Labute approximate surface area is 141 Å². The average Bonchev–Trinajstić information content (AvgIpc) is 2.58. The minimum atomic E-state index is -0.461. The summed E-state index contributed by atoms with van der Waals surface area (Å²) < 4.78 is 19.2. The van der Waals surface area contributed by atoms with Gasteiger partial charge in [-0.15, -0.1) is 0 Å². The summed E-state index contributed by atoms with van der Waals surface area (Å²) in [5.41, 5.74) is 0.943. The van der Waals surface area contributed by atoms with Gasteiger partial charge in [-0.1, -0.05) is 6.07 Å². The van der Waals surface area contributed by atoms with E-state index in [1.165, 1.54) is 6.07 Å². The van der Waals surface area contributed by atoms with Crippen LogP contribution in [0.25, 0.3) is 0 Å². The zero-order valence-corrected chi connectivity index (χ0v) is 13.9. The van der Waals surface area contributed by atoms with Gasteiger partial charge in [-0.2, -0.15) is 5.26 Å². The highest BCUT2D eigenvalue weighted by Gasteiger charge is 2.17. The highest BCUT2D eigenvalue weighted by Crippen LogP contribution is 2.16. The highest BCUT2D eigenvalue weighted by molar-refractivity contribution is 5.89. The molecule has 1 N–H and O–H groups in total. The van der Waals surface area contributed by atoms with Crippen LogP contribution in [0.2, 0.25) is 0 Å². The molecule has 1 fully saturated rings. The Hall–Kier alpha value is -2.17. The van der Waals surface area contributed by atoms with Crippen LogP contribution in [0.4, 0.5) is 14.9 Å². The number of anilines is 1. The quantitative estimate of drug-likeness (QED) is 0.866. The van der Waals surface area contributed by atoms with E-state index in [2.05, 4.69) is 10.2 Å². The van der Waals surface area contributed by atoms with E-state index in [4.69, 9.17) is 10.00 Å². The Morgan fingerprint density at radius 2 is 2.17 bits per heavy atom. The summed E-state index contributed by atoms with van der Waals surface area (Å²) in [7, 11) is 0. The lowest BCUT2D eigenvalue weighted by Gasteiger charge is -2.30. The van der Waals surface area contributed by atoms with E-state index in [1.807, 2.05) is 6.07 Å². The number of rotatable bonds is 6. The van der Waals surface area contributed by atoms with Crippen LogP contribution in [0, 0.1) is 24.1 Å². The minimum absolute atomic E-state index is 0.152. The maximum Gasteiger partial charge on any atom is 0.322 e. The van der Waals surface area contributed by atoms with Crippen LogP contribution in [0.15, 0.2) is 18.2 Å². The van der Waals surface area contributed by atoms with Crippen molar-refractivity contribution in [3.05, 3.63) is 29.6 Å². The fourth-order valence-corrected chi connectivity index (χ4v) is 2.50. The molecule has 130 valence electrons. The molecule has 0 aromatic heterocycles. The summed E-state index contributed by atoms with van der Waals surface area (Å²) in [6.45, 7) is 6.36. The second-order valence-electron chi connectivity index (χ2n) is 5.76. The third-order valence-corrected chi connectivity index (χ3v) is 3.94. The van der Waals surface area contributed by atoms with E-state index in [1.54, 1.807) is 24.0 Å². The molecule has 1 aromatic carbocycles. The van der Waals surface area contributed by atoms with Crippen molar-refractivity contribution in [2.45, 2.75) is 13.3 Å². The molecule has 0 saturated carbocycles. The van der Waals surface area contributed by atoms with E-state index >= 15 is 0 Å². The van der Waals surface area contributed by atoms with Crippen molar-refractivity contribution in [2.24, 2.45) is 0 Å². The van der Waals surface area contributed by atoms with Crippen molar-refractivity contribution in [3.8, 4) is 6.07 Å². The molecule has 24 heavy (non-hydrogen) atoms.